The second-order valence-corrected chi connectivity index (χ2v) is 4.84. The molecule has 2 N–H and O–H groups in total. The molecule has 0 aliphatic carbocycles. The van der Waals surface area contributed by atoms with E-state index in [0.717, 1.165) is 25.9 Å². The first-order valence-electron chi connectivity index (χ1n) is 6.17. The molecule has 0 amide bonds. The lowest BCUT2D eigenvalue weighted by molar-refractivity contribution is -0.234. The van der Waals surface area contributed by atoms with Crippen molar-refractivity contribution in [3.05, 3.63) is 0 Å². The van der Waals surface area contributed by atoms with Crippen LogP contribution in [0.1, 0.15) is 33.1 Å². The van der Waals surface area contributed by atoms with Gasteiger partial charge in [-0.05, 0) is 33.2 Å². The molecule has 0 saturated carbocycles. The van der Waals surface area contributed by atoms with Gasteiger partial charge in [-0.25, -0.2) is 0 Å². The normalized spacial score (nSPS) is 27.4. The quantitative estimate of drug-likeness (QED) is 0.719. The molecule has 1 aliphatic rings. The largest absolute Gasteiger partial charge is 0.396 e. The highest BCUT2D eigenvalue weighted by Crippen LogP contribution is 2.26. The summed E-state index contributed by atoms with van der Waals surface area (Å²) in [5.41, 5.74) is -0.370. The zero-order chi connectivity index (χ0) is 12.0. The molecule has 4 heteroatoms. The summed E-state index contributed by atoms with van der Waals surface area (Å²) in [6.45, 7) is 5.66. The van der Waals surface area contributed by atoms with Crippen molar-refractivity contribution < 1.29 is 14.6 Å². The third-order valence-corrected chi connectivity index (χ3v) is 3.38. The maximum atomic E-state index is 9.28. The van der Waals surface area contributed by atoms with Crippen molar-refractivity contribution in [2.45, 2.75) is 45.0 Å². The summed E-state index contributed by atoms with van der Waals surface area (Å²) in [7, 11) is 1.90. The van der Waals surface area contributed by atoms with E-state index in [2.05, 4.69) is 5.32 Å². The number of hydrogen-bond acceptors (Lipinski definition) is 4. The molecule has 0 aromatic heterocycles. The average Bonchev–Trinajstić information content (AvgIpc) is 2.29. The van der Waals surface area contributed by atoms with Gasteiger partial charge in [0.2, 0.25) is 0 Å². The number of ether oxygens (including phenoxy) is 2. The second-order valence-electron chi connectivity index (χ2n) is 4.84. The highest BCUT2D eigenvalue weighted by molar-refractivity contribution is 4.84. The molecular formula is C12H25NO3. The molecule has 0 spiro atoms. The Balaban J connectivity index is 2.54. The lowest BCUT2D eigenvalue weighted by atomic mass is 9.91. The molecule has 3 atom stereocenters. The van der Waals surface area contributed by atoms with E-state index in [4.69, 9.17) is 9.47 Å². The van der Waals surface area contributed by atoms with Crippen LogP contribution in [0.25, 0.3) is 0 Å². The van der Waals surface area contributed by atoms with Crippen LogP contribution in [0.2, 0.25) is 0 Å². The van der Waals surface area contributed by atoms with Gasteiger partial charge in [0.15, 0.2) is 6.29 Å². The van der Waals surface area contributed by atoms with Gasteiger partial charge in [-0.15, -0.1) is 0 Å². The van der Waals surface area contributed by atoms with Gasteiger partial charge in [0.1, 0.15) is 0 Å². The maximum Gasteiger partial charge on any atom is 0.158 e. The first-order chi connectivity index (χ1) is 7.62. The number of aliphatic hydroxyl groups is 1. The standard InChI is InChI=1S/C12H25NO3/c1-10(8-14)12(2,9-13-3)16-11-6-4-5-7-15-11/h10-11,13-14H,4-9H2,1-3H3/t10?,11?,12-/m0/s1. The first kappa shape index (κ1) is 13.9. The van der Waals surface area contributed by atoms with Gasteiger partial charge >= 0.3 is 0 Å². The van der Waals surface area contributed by atoms with Crippen molar-refractivity contribution in [1.82, 2.24) is 5.32 Å². The van der Waals surface area contributed by atoms with Crippen LogP contribution in [0.15, 0.2) is 0 Å². The van der Waals surface area contributed by atoms with E-state index >= 15 is 0 Å². The summed E-state index contributed by atoms with van der Waals surface area (Å²) >= 11 is 0. The Morgan fingerprint density at radius 2 is 2.31 bits per heavy atom. The highest BCUT2D eigenvalue weighted by atomic mass is 16.7. The molecule has 0 radical (unpaired) electrons. The molecule has 1 rings (SSSR count). The summed E-state index contributed by atoms with van der Waals surface area (Å²) in [6.07, 6.45) is 3.13. The van der Waals surface area contributed by atoms with Gasteiger partial charge < -0.3 is 19.9 Å². The van der Waals surface area contributed by atoms with E-state index in [9.17, 15) is 5.11 Å². The summed E-state index contributed by atoms with van der Waals surface area (Å²) in [6, 6.07) is 0. The molecule has 16 heavy (non-hydrogen) atoms. The van der Waals surface area contributed by atoms with E-state index in [1.807, 2.05) is 20.9 Å². The van der Waals surface area contributed by atoms with Gasteiger partial charge in [0.05, 0.1) is 5.60 Å². The fourth-order valence-corrected chi connectivity index (χ4v) is 1.98. The Bertz CT molecular complexity index is 195. The predicted octanol–water partition coefficient (Wildman–Crippen LogP) is 1.14. The van der Waals surface area contributed by atoms with Crippen molar-refractivity contribution in [3.63, 3.8) is 0 Å². The van der Waals surface area contributed by atoms with Crippen LogP contribution in [0.4, 0.5) is 0 Å². The van der Waals surface area contributed by atoms with E-state index < -0.39 is 0 Å². The Morgan fingerprint density at radius 3 is 2.81 bits per heavy atom. The van der Waals surface area contributed by atoms with Gasteiger partial charge in [-0.1, -0.05) is 6.92 Å². The summed E-state index contributed by atoms with van der Waals surface area (Å²) in [4.78, 5) is 0. The van der Waals surface area contributed by atoms with Crippen LogP contribution >= 0.6 is 0 Å². The minimum atomic E-state index is -0.370. The smallest absolute Gasteiger partial charge is 0.158 e. The number of nitrogens with one attached hydrogen (secondary N) is 1. The fourth-order valence-electron chi connectivity index (χ4n) is 1.98. The zero-order valence-electron chi connectivity index (χ0n) is 10.7. The van der Waals surface area contributed by atoms with Gasteiger partial charge in [0.25, 0.3) is 0 Å². The van der Waals surface area contributed by atoms with Crippen molar-refractivity contribution in [3.8, 4) is 0 Å². The van der Waals surface area contributed by atoms with Crippen LogP contribution in [0.5, 0.6) is 0 Å². The molecule has 1 heterocycles. The molecule has 1 saturated heterocycles. The molecule has 0 bridgehead atoms. The van der Waals surface area contributed by atoms with Gasteiger partial charge in [0, 0.05) is 25.7 Å². The molecule has 0 aromatic rings. The van der Waals surface area contributed by atoms with Crippen molar-refractivity contribution in [1.29, 1.82) is 0 Å². The molecular weight excluding hydrogens is 206 g/mol. The van der Waals surface area contributed by atoms with Crippen molar-refractivity contribution in [2.75, 3.05) is 26.8 Å². The van der Waals surface area contributed by atoms with Gasteiger partial charge in [-0.3, -0.25) is 0 Å². The first-order valence-corrected chi connectivity index (χ1v) is 6.17. The van der Waals surface area contributed by atoms with Crippen molar-refractivity contribution >= 4 is 0 Å². The molecule has 1 aliphatic heterocycles. The van der Waals surface area contributed by atoms with Crippen LogP contribution in [-0.4, -0.2) is 43.8 Å². The Hall–Kier alpha value is -0.160. The second kappa shape index (κ2) is 6.55. The van der Waals surface area contributed by atoms with E-state index in [1.54, 1.807) is 0 Å². The number of hydrogen-bond donors (Lipinski definition) is 2. The Labute approximate surface area is 98.3 Å². The van der Waals surface area contributed by atoms with Crippen molar-refractivity contribution in [2.24, 2.45) is 5.92 Å². The monoisotopic (exact) mass is 231 g/mol. The predicted molar refractivity (Wildman–Crippen MR) is 63.3 cm³/mol. The zero-order valence-corrected chi connectivity index (χ0v) is 10.7. The van der Waals surface area contributed by atoms with Crippen LogP contribution < -0.4 is 5.32 Å². The van der Waals surface area contributed by atoms with Crippen LogP contribution in [-0.2, 0) is 9.47 Å². The van der Waals surface area contributed by atoms with E-state index in [1.165, 1.54) is 0 Å². The van der Waals surface area contributed by atoms with E-state index in [-0.39, 0.29) is 24.4 Å². The number of likely N-dealkylation sites (N-methyl/N-ethyl adjacent to an activating group) is 1. The Morgan fingerprint density at radius 1 is 1.56 bits per heavy atom. The molecule has 0 aromatic carbocycles. The van der Waals surface area contributed by atoms with E-state index in [0.29, 0.717) is 6.54 Å². The lowest BCUT2D eigenvalue weighted by Gasteiger charge is -2.39. The molecule has 4 nitrogen and oxygen atoms in total. The molecule has 2 unspecified atom stereocenters. The molecule has 1 fully saturated rings. The minimum Gasteiger partial charge on any atom is -0.396 e. The third-order valence-electron chi connectivity index (χ3n) is 3.38. The van der Waals surface area contributed by atoms with Gasteiger partial charge in [-0.2, -0.15) is 0 Å². The summed E-state index contributed by atoms with van der Waals surface area (Å²) in [5.74, 6) is 0.0884. The highest BCUT2D eigenvalue weighted by Gasteiger charge is 2.34. The molecule has 96 valence electrons. The van der Waals surface area contributed by atoms with Crippen LogP contribution in [0, 0.1) is 5.92 Å². The lowest BCUT2D eigenvalue weighted by Crippen LogP contribution is -2.49. The van der Waals surface area contributed by atoms with Crippen LogP contribution in [0.3, 0.4) is 0 Å². The number of aliphatic hydroxyl groups excluding tert-OH is 1. The Kier molecular flexibility index (Phi) is 5.69. The topological polar surface area (TPSA) is 50.7 Å². The maximum absolute atomic E-state index is 9.28. The summed E-state index contributed by atoms with van der Waals surface area (Å²) in [5, 5.41) is 12.4. The number of rotatable bonds is 6. The SMILES string of the molecule is CNC[C@](C)(OC1CCCCO1)C(C)CO. The summed E-state index contributed by atoms with van der Waals surface area (Å²) < 4.78 is 11.6. The third kappa shape index (κ3) is 3.70. The fraction of sp³-hybridized carbons (Fsp3) is 1.00. The minimum absolute atomic E-state index is 0.0884. The average molecular weight is 231 g/mol.